The van der Waals surface area contributed by atoms with Gasteiger partial charge in [-0.1, -0.05) is 18.2 Å². The molecule has 0 atom stereocenters. The van der Waals surface area contributed by atoms with Gasteiger partial charge >= 0.3 is 0 Å². The molecule has 3 rings (SSSR count). The maximum atomic E-state index is 4.39. The van der Waals surface area contributed by atoms with Gasteiger partial charge in [-0.05, 0) is 39.5 Å². The van der Waals surface area contributed by atoms with Gasteiger partial charge in [-0.3, -0.25) is 0 Å². The van der Waals surface area contributed by atoms with E-state index in [0.717, 1.165) is 18.8 Å². The van der Waals surface area contributed by atoms with E-state index in [1.807, 2.05) is 41.2 Å². The van der Waals surface area contributed by atoms with Crippen molar-refractivity contribution in [3.63, 3.8) is 0 Å². The minimum atomic E-state index is 0.817. The van der Waals surface area contributed by atoms with Crippen LogP contribution in [-0.2, 0) is 13.1 Å². The molecule has 3 aromatic rings. The summed E-state index contributed by atoms with van der Waals surface area (Å²) >= 11 is 5.30. The molecule has 102 valence electrons. The molecule has 0 unspecified atom stereocenters. The predicted molar refractivity (Wildman–Crippen MR) is 86.1 cm³/mol. The lowest BCUT2D eigenvalue weighted by molar-refractivity contribution is 0.699. The van der Waals surface area contributed by atoms with E-state index in [1.54, 1.807) is 11.3 Å². The van der Waals surface area contributed by atoms with Crippen LogP contribution in [0.15, 0.2) is 58.6 Å². The number of benzene rings is 1. The van der Waals surface area contributed by atoms with Gasteiger partial charge in [0.1, 0.15) is 0 Å². The Hall–Kier alpha value is -1.43. The lowest BCUT2D eigenvalue weighted by atomic mass is 10.3. The smallest absolute Gasteiger partial charge is 0.0645 e. The van der Waals surface area contributed by atoms with Crippen molar-refractivity contribution in [2.75, 3.05) is 0 Å². The first kappa shape index (κ1) is 13.5. The normalized spacial score (nSPS) is 10.8. The molecule has 0 radical (unpaired) electrons. The number of hydrogen-bond acceptors (Lipinski definition) is 3. The Morgan fingerprint density at radius 1 is 1.15 bits per heavy atom. The number of aromatic nitrogens is 2. The average molecular weight is 348 g/mol. The SMILES string of the molecule is Brc1ccsc1CNCc1cnn(-c2ccccc2)c1. The quantitative estimate of drug-likeness (QED) is 0.756. The summed E-state index contributed by atoms with van der Waals surface area (Å²) in [5.41, 5.74) is 2.27. The van der Waals surface area contributed by atoms with Gasteiger partial charge < -0.3 is 5.32 Å². The van der Waals surface area contributed by atoms with Crippen LogP contribution in [0, 0.1) is 0 Å². The predicted octanol–water partition coefficient (Wildman–Crippen LogP) is 3.99. The van der Waals surface area contributed by atoms with E-state index in [1.165, 1.54) is 14.9 Å². The van der Waals surface area contributed by atoms with Crippen molar-refractivity contribution < 1.29 is 0 Å². The minimum Gasteiger partial charge on any atom is -0.308 e. The maximum absolute atomic E-state index is 4.39. The minimum absolute atomic E-state index is 0.817. The fraction of sp³-hybridized carbons (Fsp3) is 0.133. The summed E-state index contributed by atoms with van der Waals surface area (Å²) in [4.78, 5) is 1.32. The van der Waals surface area contributed by atoms with Crippen molar-refractivity contribution in [1.29, 1.82) is 0 Å². The van der Waals surface area contributed by atoms with Crippen molar-refractivity contribution in [3.8, 4) is 5.69 Å². The molecule has 3 nitrogen and oxygen atoms in total. The van der Waals surface area contributed by atoms with Crippen molar-refractivity contribution in [2.24, 2.45) is 0 Å². The molecular weight excluding hydrogens is 334 g/mol. The molecule has 0 spiro atoms. The first-order chi connectivity index (χ1) is 9.83. The van der Waals surface area contributed by atoms with E-state index in [2.05, 4.69) is 44.0 Å². The lowest BCUT2D eigenvalue weighted by Crippen LogP contribution is -2.11. The van der Waals surface area contributed by atoms with Crippen LogP contribution in [-0.4, -0.2) is 9.78 Å². The van der Waals surface area contributed by atoms with Crippen LogP contribution in [0.2, 0.25) is 0 Å². The third-order valence-electron chi connectivity index (χ3n) is 2.96. The van der Waals surface area contributed by atoms with Crippen LogP contribution < -0.4 is 5.32 Å². The number of para-hydroxylation sites is 1. The maximum Gasteiger partial charge on any atom is 0.0645 e. The third kappa shape index (κ3) is 3.17. The average Bonchev–Trinajstić information content (AvgIpc) is 3.10. The summed E-state index contributed by atoms with van der Waals surface area (Å²) in [6.45, 7) is 1.69. The molecule has 0 aliphatic heterocycles. The largest absolute Gasteiger partial charge is 0.308 e. The Morgan fingerprint density at radius 2 is 2.00 bits per heavy atom. The number of halogens is 1. The van der Waals surface area contributed by atoms with Gasteiger partial charge in [0.15, 0.2) is 0 Å². The van der Waals surface area contributed by atoms with Crippen LogP contribution in [0.1, 0.15) is 10.4 Å². The molecule has 2 heterocycles. The molecule has 1 aromatic carbocycles. The topological polar surface area (TPSA) is 29.9 Å². The van der Waals surface area contributed by atoms with Crippen LogP contribution in [0.5, 0.6) is 0 Å². The molecular formula is C15H14BrN3S. The van der Waals surface area contributed by atoms with Crippen molar-refractivity contribution in [1.82, 2.24) is 15.1 Å². The monoisotopic (exact) mass is 347 g/mol. The highest BCUT2D eigenvalue weighted by Gasteiger charge is 2.03. The summed E-state index contributed by atoms with van der Waals surface area (Å²) in [7, 11) is 0. The van der Waals surface area contributed by atoms with E-state index in [4.69, 9.17) is 0 Å². The Bertz CT molecular complexity index is 675. The van der Waals surface area contributed by atoms with Crippen molar-refractivity contribution >= 4 is 27.3 Å². The van der Waals surface area contributed by atoms with Crippen LogP contribution in [0.4, 0.5) is 0 Å². The van der Waals surface area contributed by atoms with Gasteiger partial charge in [0.2, 0.25) is 0 Å². The fourth-order valence-electron chi connectivity index (χ4n) is 1.94. The van der Waals surface area contributed by atoms with Crippen LogP contribution >= 0.6 is 27.3 Å². The van der Waals surface area contributed by atoms with E-state index in [-0.39, 0.29) is 0 Å². The van der Waals surface area contributed by atoms with E-state index < -0.39 is 0 Å². The zero-order valence-corrected chi connectivity index (χ0v) is 13.2. The molecule has 5 heteroatoms. The van der Waals surface area contributed by atoms with E-state index in [0.29, 0.717) is 0 Å². The summed E-state index contributed by atoms with van der Waals surface area (Å²) in [5, 5.41) is 9.92. The van der Waals surface area contributed by atoms with Crippen molar-refractivity contribution in [3.05, 3.63) is 69.1 Å². The second-order valence-electron chi connectivity index (χ2n) is 4.42. The standard InChI is InChI=1S/C15H14BrN3S/c16-14-6-7-20-15(14)10-17-8-12-9-18-19(11-12)13-4-2-1-3-5-13/h1-7,9,11,17H,8,10H2. The van der Waals surface area contributed by atoms with Gasteiger partial charge in [-0.25, -0.2) is 4.68 Å². The summed E-state index contributed by atoms with van der Waals surface area (Å²) < 4.78 is 3.08. The van der Waals surface area contributed by atoms with Crippen LogP contribution in [0.3, 0.4) is 0 Å². The van der Waals surface area contributed by atoms with Gasteiger partial charge in [0, 0.05) is 34.2 Å². The van der Waals surface area contributed by atoms with Gasteiger partial charge in [-0.2, -0.15) is 5.10 Å². The van der Waals surface area contributed by atoms with Crippen LogP contribution in [0.25, 0.3) is 5.69 Å². The molecule has 0 saturated heterocycles. The van der Waals surface area contributed by atoms with E-state index >= 15 is 0 Å². The number of rotatable bonds is 5. The molecule has 0 fully saturated rings. The molecule has 0 bridgehead atoms. The Kier molecular flexibility index (Phi) is 4.30. The number of nitrogens with one attached hydrogen (secondary N) is 1. The number of thiophene rings is 1. The van der Waals surface area contributed by atoms with Gasteiger partial charge in [0.05, 0.1) is 11.9 Å². The number of hydrogen-bond donors (Lipinski definition) is 1. The summed E-state index contributed by atoms with van der Waals surface area (Å²) in [6, 6.07) is 12.2. The molecule has 0 aliphatic rings. The Balaban J connectivity index is 1.59. The molecule has 0 amide bonds. The first-order valence-corrected chi connectivity index (χ1v) is 8.02. The zero-order chi connectivity index (χ0) is 13.8. The summed E-state index contributed by atoms with van der Waals surface area (Å²) in [6.07, 6.45) is 3.97. The Labute approximate surface area is 130 Å². The third-order valence-corrected chi connectivity index (χ3v) is 4.89. The molecule has 0 aliphatic carbocycles. The number of nitrogens with zero attached hydrogens (tertiary/aromatic N) is 2. The highest BCUT2D eigenvalue weighted by atomic mass is 79.9. The molecule has 1 N–H and O–H groups in total. The fourth-order valence-corrected chi connectivity index (χ4v) is 3.41. The molecule has 2 aromatic heterocycles. The first-order valence-electron chi connectivity index (χ1n) is 6.34. The second-order valence-corrected chi connectivity index (χ2v) is 6.28. The van der Waals surface area contributed by atoms with Gasteiger partial charge in [-0.15, -0.1) is 11.3 Å². The van der Waals surface area contributed by atoms with Gasteiger partial charge in [0.25, 0.3) is 0 Å². The second kappa shape index (κ2) is 6.35. The zero-order valence-electron chi connectivity index (χ0n) is 10.8. The Morgan fingerprint density at radius 3 is 2.75 bits per heavy atom. The highest BCUT2D eigenvalue weighted by molar-refractivity contribution is 9.10. The summed E-state index contributed by atoms with van der Waals surface area (Å²) in [5.74, 6) is 0. The van der Waals surface area contributed by atoms with E-state index in [9.17, 15) is 0 Å². The lowest BCUT2D eigenvalue weighted by Gasteiger charge is -2.02. The highest BCUT2D eigenvalue weighted by Crippen LogP contribution is 2.22. The molecule has 20 heavy (non-hydrogen) atoms. The molecule has 0 saturated carbocycles. The van der Waals surface area contributed by atoms with Crippen molar-refractivity contribution in [2.45, 2.75) is 13.1 Å².